The lowest BCUT2D eigenvalue weighted by atomic mass is 10.0. The van der Waals surface area contributed by atoms with Crippen LogP contribution in [-0.2, 0) is 13.0 Å². The minimum Gasteiger partial charge on any atom is -0.392 e. The van der Waals surface area contributed by atoms with Gasteiger partial charge in [-0.3, -0.25) is 4.79 Å². The number of hydrogen-bond donors (Lipinski definition) is 1. The zero-order valence-electron chi connectivity index (χ0n) is 6.71. The maximum atomic E-state index is 11.3. The van der Waals surface area contributed by atoms with E-state index < -0.39 is 0 Å². The topological polar surface area (TPSA) is 37.3 Å². The summed E-state index contributed by atoms with van der Waals surface area (Å²) in [5.74, 6) is 0.176. The van der Waals surface area contributed by atoms with Crippen molar-refractivity contribution < 1.29 is 9.90 Å². The van der Waals surface area contributed by atoms with E-state index in [9.17, 15) is 4.79 Å². The monoisotopic (exact) mass is 162 g/mol. The van der Waals surface area contributed by atoms with Crippen LogP contribution in [-0.4, -0.2) is 10.9 Å². The molecule has 1 N–H and O–H groups in total. The molecule has 0 bridgehead atoms. The second-order valence-corrected chi connectivity index (χ2v) is 3.03. The van der Waals surface area contributed by atoms with Crippen LogP contribution in [0, 0.1) is 0 Å². The highest BCUT2D eigenvalue weighted by Crippen LogP contribution is 2.24. The molecule has 2 rings (SSSR count). The van der Waals surface area contributed by atoms with Gasteiger partial charge in [-0.25, -0.2) is 0 Å². The highest BCUT2D eigenvalue weighted by molar-refractivity contribution is 6.01. The van der Waals surface area contributed by atoms with Crippen molar-refractivity contribution in [3.8, 4) is 0 Å². The van der Waals surface area contributed by atoms with Gasteiger partial charge in [0, 0.05) is 12.0 Å². The van der Waals surface area contributed by atoms with Gasteiger partial charge in [0.25, 0.3) is 0 Å². The number of hydrogen-bond acceptors (Lipinski definition) is 2. The summed E-state index contributed by atoms with van der Waals surface area (Å²) < 4.78 is 0. The Morgan fingerprint density at radius 1 is 1.33 bits per heavy atom. The molecule has 0 saturated heterocycles. The average molecular weight is 162 g/mol. The summed E-state index contributed by atoms with van der Waals surface area (Å²) in [4.78, 5) is 11.3. The molecule has 2 heteroatoms. The summed E-state index contributed by atoms with van der Waals surface area (Å²) in [5, 5.41) is 8.97. The second kappa shape index (κ2) is 2.72. The van der Waals surface area contributed by atoms with Gasteiger partial charge in [0.1, 0.15) is 0 Å². The molecule has 0 unspecified atom stereocenters. The fourth-order valence-corrected chi connectivity index (χ4v) is 1.72. The lowest BCUT2D eigenvalue weighted by Crippen LogP contribution is -1.98. The Kier molecular flexibility index (Phi) is 1.70. The van der Waals surface area contributed by atoms with Crippen LogP contribution in [0.15, 0.2) is 18.2 Å². The van der Waals surface area contributed by atoms with Gasteiger partial charge in [0.05, 0.1) is 6.61 Å². The van der Waals surface area contributed by atoms with Crippen LogP contribution >= 0.6 is 0 Å². The fraction of sp³-hybridized carbons (Fsp3) is 0.300. The number of carbonyl (C=O) groups is 1. The quantitative estimate of drug-likeness (QED) is 0.676. The van der Waals surface area contributed by atoms with Gasteiger partial charge in [-0.15, -0.1) is 0 Å². The SMILES string of the molecule is O=C1CCc2cccc(CO)c21. The third-order valence-electron chi connectivity index (χ3n) is 2.31. The minimum atomic E-state index is -0.0328. The number of aliphatic hydroxyl groups is 1. The Balaban J connectivity index is 2.60. The third kappa shape index (κ3) is 0.959. The fourth-order valence-electron chi connectivity index (χ4n) is 1.72. The Morgan fingerprint density at radius 3 is 2.92 bits per heavy atom. The third-order valence-corrected chi connectivity index (χ3v) is 2.31. The average Bonchev–Trinajstić information content (AvgIpc) is 2.48. The van der Waals surface area contributed by atoms with E-state index >= 15 is 0 Å². The first-order valence-corrected chi connectivity index (χ1v) is 4.08. The summed E-state index contributed by atoms with van der Waals surface area (Å²) in [7, 11) is 0. The predicted molar refractivity (Wildman–Crippen MR) is 45.0 cm³/mol. The second-order valence-electron chi connectivity index (χ2n) is 3.03. The van der Waals surface area contributed by atoms with Crippen molar-refractivity contribution in [1.82, 2.24) is 0 Å². The van der Waals surface area contributed by atoms with Gasteiger partial charge in [-0.2, -0.15) is 0 Å². The number of fused-ring (bicyclic) bond motifs is 1. The standard InChI is InChI=1S/C10H10O2/c11-6-8-3-1-2-7-4-5-9(12)10(7)8/h1-3,11H,4-6H2. The van der Waals surface area contributed by atoms with Gasteiger partial charge >= 0.3 is 0 Å². The van der Waals surface area contributed by atoms with Crippen molar-refractivity contribution in [3.05, 3.63) is 34.9 Å². The molecule has 0 spiro atoms. The molecule has 0 aromatic heterocycles. The molecule has 0 saturated carbocycles. The molecule has 0 radical (unpaired) electrons. The van der Waals surface area contributed by atoms with Crippen LogP contribution in [0.2, 0.25) is 0 Å². The lowest BCUT2D eigenvalue weighted by molar-refractivity contribution is 0.0992. The van der Waals surface area contributed by atoms with E-state index in [0.29, 0.717) is 6.42 Å². The molecule has 0 heterocycles. The first kappa shape index (κ1) is 7.50. The Labute approximate surface area is 70.8 Å². The lowest BCUT2D eigenvalue weighted by Gasteiger charge is -2.02. The van der Waals surface area contributed by atoms with Gasteiger partial charge < -0.3 is 5.11 Å². The molecule has 62 valence electrons. The van der Waals surface area contributed by atoms with Crippen LogP contribution in [0.5, 0.6) is 0 Å². The normalized spacial score (nSPS) is 14.9. The van der Waals surface area contributed by atoms with Gasteiger partial charge in [-0.1, -0.05) is 18.2 Å². The number of carbonyl (C=O) groups excluding carboxylic acids is 1. The number of Topliss-reactive ketones (excluding diaryl/α,β-unsaturated/α-hetero) is 1. The van der Waals surface area contributed by atoms with E-state index in [-0.39, 0.29) is 12.4 Å². The largest absolute Gasteiger partial charge is 0.392 e. The zero-order chi connectivity index (χ0) is 8.55. The van der Waals surface area contributed by atoms with Crippen LogP contribution in [0.25, 0.3) is 0 Å². The van der Waals surface area contributed by atoms with Gasteiger partial charge in [0.15, 0.2) is 5.78 Å². The summed E-state index contributed by atoms with van der Waals surface area (Å²) in [6.45, 7) is -0.0328. The van der Waals surface area contributed by atoms with E-state index in [1.807, 2.05) is 18.2 Å². The highest BCUT2D eigenvalue weighted by Gasteiger charge is 2.21. The smallest absolute Gasteiger partial charge is 0.163 e. The molecule has 0 aliphatic heterocycles. The number of aryl methyl sites for hydroxylation is 1. The van der Waals surface area contributed by atoms with Crippen LogP contribution in [0.4, 0.5) is 0 Å². The van der Waals surface area contributed by atoms with E-state index in [2.05, 4.69) is 0 Å². The molecule has 2 nitrogen and oxygen atoms in total. The van der Waals surface area contributed by atoms with Crippen molar-refractivity contribution >= 4 is 5.78 Å². The van der Waals surface area contributed by atoms with E-state index in [1.165, 1.54) is 0 Å². The molecule has 0 atom stereocenters. The molecule has 1 aromatic rings. The number of benzene rings is 1. The maximum Gasteiger partial charge on any atom is 0.163 e. The molecule has 1 aliphatic rings. The van der Waals surface area contributed by atoms with Crippen LogP contribution in [0.3, 0.4) is 0 Å². The molecular weight excluding hydrogens is 152 g/mol. The van der Waals surface area contributed by atoms with E-state index in [1.54, 1.807) is 0 Å². The minimum absolute atomic E-state index is 0.0328. The number of aliphatic hydroxyl groups excluding tert-OH is 1. The summed E-state index contributed by atoms with van der Waals surface area (Å²) in [6.07, 6.45) is 1.44. The summed E-state index contributed by atoms with van der Waals surface area (Å²) >= 11 is 0. The van der Waals surface area contributed by atoms with Gasteiger partial charge in [-0.05, 0) is 17.5 Å². The van der Waals surface area contributed by atoms with Crippen LogP contribution in [0.1, 0.15) is 27.9 Å². The van der Waals surface area contributed by atoms with Crippen molar-refractivity contribution in [2.45, 2.75) is 19.4 Å². The van der Waals surface area contributed by atoms with Crippen molar-refractivity contribution in [1.29, 1.82) is 0 Å². The highest BCUT2D eigenvalue weighted by atomic mass is 16.3. The Morgan fingerprint density at radius 2 is 2.17 bits per heavy atom. The number of rotatable bonds is 1. The van der Waals surface area contributed by atoms with Crippen LogP contribution < -0.4 is 0 Å². The molecule has 1 aliphatic carbocycles. The Bertz CT molecular complexity index is 329. The number of ketones is 1. The summed E-state index contributed by atoms with van der Waals surface area (Å²) in [5.41, 5.74) is 2.63. The molecule has 0 fully saturated rings. The van der Waals surface area contributed by atoms with Crippen molar-refractivity contribution in [3.63, 3.8) is 0 Å². The first-order valence-electron chi connectivity index (χ1n) is 4.08. The van der Waals surface area contributed by atoms with Crippen molar-refractivity contribution in [2.24, 2.45) is 0 Å². The van der Waals surface area contributed by atoms with E-state index in [0.717, 1.165) is 23.1 Å². The predicted octanol–water partition coefficient (Wildman–Crippen LogP) is 1.31. The Hall–Kier alpha value is -1.15. The molecular formula is C10H10O2. The van der Waals surface area contributed by atoms with Gasteiger partial charge in [0.2, 0.25) is 0 Å². The zero-order valence-corrected chi connectivity index (χ0v) is 6.71. The first-order chi connectivity index (χ1) is 5.83. The maximum absolute atomic E-state index is 11.3. The molecule has 12 heavy (non-hydrogen) atoms. The van der Waals surface area contributed by atoms with E-state index in [4.69, 9.17) is 5.11 Å². The molecule has 0 amide bonds. The molecule has 1 aromatic carbocycles. The summed E-state index contributed by atoms with van der Waals surface area (Å²) in [6, 6.07) is 5.66. The van der Waals surface area contributed by atoms with Crippen molar-refractivity contribution in [2.75, 3.05) is 0 Å².